The Balaban J connectivity index is 2.52. The quantitative estimate of drug-likeness (QED) is 0.560. The number of aryl methyl sites for hydroxylation is 1. The molecule has 0 heterocycles. The maximum Gasteiger partial charge on any atom is 0.269 e. The molecule has 1 atom stereocenters. The summed E-state index contributed by atoms with van der Waals surface area (Å²) in [7, 11) is 3.18. The normalized spacial score (nSPS) is 11.4. The highest BCUT2D eigenvalue weighted by molar-refractivity contribution is 7.80. The van der Waals surface area contributed by atoms with Crippen molar-refractivity contribution in [2.45, 2.75) is 19.9 Å². The lowest BCUT2D eigenvalue weighted by molar-refractivity contribution is 0.0943. The standard InChI is InChI=1S/C14H21N3O3S/c1-9-5-6-11(7-12(9)20-4)13(18)16-17-14(21)15-10(2)8-19-3/h5-7,10H,8H2,1-4H3,(H,16,18)(H2,15,17,21)/t10-/m0/s1. The van der Waals surface area contributed by atoms with Gasteiger partial charge in [-0.2, -0.15) is 0 Å². The van der Waals surface area contributed by atoms with Crippen LogP contribution in [0.1, 0.15) is 22.8 Å². The number of hydrogen-bond acceptors (Lipinski definition) is 4. The van der Waals surface area contributed by atoms with Crippen LogP contribution in [0, 0.1) is 6.92 Å². The maximum atomic E-state index is 12.0. The van der Waals surface area contributed by atoms with Crippen molar-refractivity contribution in [3.63, 3.8) is 0 Å². The minimum Gasteiger partial charge on any atom is -0.496 e. The van der Waals surface area contributed by atoms with Crippen molar-refractivity contribution in [1.29, 1.82) is 0 Å². The second-order valence-electron chi connectivity index (χ2n) is 4.59. The summed E-state index contributed by atoms with van der Waals surface area (Å²) in [5.74, 6) is 0.369. The molecular formula is C14H21N3O3S. The number of rotatable bonds is 5. The third-order valence-corrected chi connectivity index (χ3v) is 2.97. The lowest BCUT2D eigenvalue weighted by Gasteiger charge is -2.16. The summed E-state index contributed by atoms with van der Waals surface area (Å²) in [6.45, 7) is 4.35. The van der Waals surface area contributed by atoms with E-state index in [4.69, 9.17) is 21.7 Å². The third-order valence-electron chi connectivity index (χ3n) is 2.75. The minimum atomic E-state index is -0.295. The summed E-state index contributed by atoms with van der Waals surface area (Å²) < 4.78 is 10.2. The molecule has 0 spiro atoms. The highest BCUT2D eigenvalue weighted by Gasteiger charge is 2.09. The van der Waals surface area contributed by atoms with Crippen LogP contribution in [-0.4, -0.2) is 37.9 Å². The monoisotopic (exact) mass is 311 g/mol. The smallest absolute Gasteiger partial charge is 0.269 e. The van der Waals surface area contributed by atoms with Crippen LogP contribution in [0.15, 0.2) is 18.2 Å². The fourth-order valence-corrected chi connectivity index (χ4v) is 1.95. The fourth-order valence-electron chi connectivity index (χ4n) is 1.70. The number of carbonyl (C=O) groups excluding carboxylic acids is 1. The molecule has 0 aliphatic carbocycles. The van der Waals surface area contributed by atoms with E-state index in [0.717, 1.165) is 5.56 Å². The van der Waals surface area contributed by atoms with Gasteiger partial charge in [0.1, 0.15) is 5.75 Å². The van der Waals surface area contributed by atoms with E-state index in [-0.39, 0.29) is 11.9 Å². The number of amides is 1. The van der Waals surface area contributed by atoms with Gasteiger partial charge in [0.25, 0.3) is 5.91 Å². The Kier molecular flexibility index (Phi) is 6.90. The van der Waals surface area contributed by atoms with Crippen LogP contribution < -0.4 is 20.9 Å². The predicted octanol–water partition coefficient (Wildman–Crippen LogP) is 1.15. The van der Waals surface area contributed by atoms with Gasteiger partial charge >= 0.3 is 0 Å². The lowest BCUT2D eigenvalue weighted by atomic mass is 10.1. The molecule has 1 aromatic carbocycles. The molecule has 21 heavy (non-hydrogen) atoms. The van der Waals surface area contributed by atoms with Gasteiger partial charge in [0.05, 0.1) is 13.7 Å². The van der Waals surface area contributed by atoms with Gasteiger partial charge in [0.2, 0.25) is 0 Å². The largest absolute Gasteiger partial charge is 0.496 e. The van der Waals surface area contributed by atoms with Crippen LogP contribution >= 0.6 is 12.2 Å². The summed E-state index contributed by atoms with van der Waals surface area (Å²) in [6.07, 6.45) is 0. The molecule has 0 aliphatic rings. The van der Waals surface area contributed by atoms with Gasteiger partial charge in [-0.1, -0.05) is 6.07 Å². The van der Waals surface area contributed by atoms with Crippen molar-refractivity contribution in [1.82, 2.24) is 16.2 Å². The van der Waals surface area contributed by atoms with Crippen molar-refractivity contribution in [3.8, 4) is 5.75 Å². The Morgan fingerprint density at radius 2 is 2.05 bits per heavy atom. The summed E-state index contributed by atoms with van der Waals surface area (Å²) in [4.78, 5) is 12.0. The average Bonchev–Trinajstić information content (AvgIpc) is 2.45. The van der Waals surface area contributed by atoms with Gasteiger partial charge in [-0.05, 0) is 43.8 Å². The molecule has 0 radical (unpaired) electrons. The highest BCUT2D eigenvalue weighted by Crippen LogP contribution is 2.18. The third kappa shape index (κ3) is 5.57. The second-order valence-corrected chi connectivity index (χ2v) is 5.00. The summed E-state index contributed by atoms with van der Waals surface area (Å²) in [6, 6.07) is 5.27. The molecule has 116 valence electrons. The Hall–Kier alpha value is -1.86. The first kappa shape index (κ1) is 17.2. The Labute approximate surface area is 130 Å². The topological polar surface area (TPSA) is 71.6 Å². The van der Waals surface area contributed by atoms with Crippen molar-refractivity contribution >= 4 is 23.2 Å². The first-order valence-electron chi connectivity index (χ1n) is 6.48. The molecule has 3 N–H and O–H groups in total. The number of carbonyl (C=O) groups is 1. The zero-order valence-corrected chi connectivity index (χ0v) is 13.5. The number of methoxy groups -OCH3 is 2. The Morgan fingerprint density at radius 3 is 2.67 bits per heavy atom. The van der Waals surface area contributed by atoms with E-state index < -0.39 is 0 Å². The zero-order chi connectivity index (χ0) is 15.8. The van der Waals surface area contributed by atoms with Gasteiger partial charge in [-0.25, -0.2) is 0 Å². The van der Waals surface area contributed by atoms with Crippen LogP contribution in [0.3, 0.4) is 0 Å². The van der Waals surface area contributed by atoms with Crippen molar-refractivity contribution in [3.05, 3.63) is 29.3 Å². The Bertz CT molecular complexity index is 508. The molecule has 1 rings (SSSR count). The average molecular weight is 311 g/mol. The number of nitrogens with one attached hydrogen (secondary N) is 3. The molecule has 0 fully saturated rings. The van der Waals surface area contributed by atoms with Crippen molar-refractivity contribution in [2.24, 2.45) is 0 Å². The van der Waals surface area contributed by atoms with Crippen molar-refractivity contribution in [2.75, 3.05) is 20.8 Å². The van der Waals surface area contributed by atoms with E-state index in [1.54, 1.807) is 26.4 Å². The molecule has 6 nitrogen and oxygen atoms in total. The maximum absolute atomic E-state index is 12.0. The molecule has 1 aromatic rings. The van der Waals surface area contributed by atoms with E-state index in [0.29, 0.717) is 23.0 Å². The first-order valence-corrected chi connectivity index (χ1v) is 6.89. The molecular weight excluding hydrogens is 290 g/mol. The van der Waals surface area contributed by atoms with E-state index in [1.807, 2.05) is 19.9 Å². The summed E-state index contributed by atoms with van der Waals surface area (Å²) >= 11 is 5.07. The van der Waals surface area contributed by atoms with Crippen LogP contribution in [0.5, 0.6) is 5.75 Å². The van der Waals surface area contributed by atoms with Crippen molar-refractivity contribution < 1.29 is 14.3 Å². The molecule has 0 aromatic heterocycles. The molecule has 0 aliphatic heterocycles. The molecule has 0 bridgehead atoms. The number of benzene rings is 1. The number of ether oxygens (including phenoxy) is 2. The Morgan fingerprint density at radius 1 is 1.33 bits per heavy atom. The molecule has 1 amide bonds. The SMILES string of the molecule is COC[C@H](C)NC(=S)NNC(=O)c1ccc(C)c(OC)c1. The van der Waals surface area contributed by atoms with Gasteiger partial charge < -0.3 is 14.8 Å². The van der Waals surface area contributed by atoms with Crippen LogP contribution in [0.2, 0.25) is 0 Å². The molecule has 0 saturated heterocycles. The molecule has 0 unspecified atom stereocenters. The highest BCUT2D eigenvalue weighted by atomic mass is 32.1. The predicted molar refractivity (Wildman–Crippen MR) is 85.4 cm³/mol. The first-order chi connectivity index (χ1) is 9.97. The molecule has 0 saturated carbocycles. The summed E-state index contributed by atoms with van der Waals surface area (Å²) in [5, 5.41) is 3.30. The van der Waals surface area contributed by atoms with Gasteiger partial charge in [-0.3, -0.25) is 15.6 Å². The number of hydrazine groups is 1. The molecule has 7 heteroatoms. The van der Waals surface area contributed by atoms with E-state index in [9.17, 15) is 4.79 Å². The van der Waals surface area contributed by atoms with E-state index >= 15 is 0 Å². The van der Waals surface area contributed by atoms with Crippen LogP contribution in [-0.2, 0) is 4.74 Å². The van der Waals surface area contributed by atoms with E-state index in [2.05, 4.69) is 16.2 Å². The second kappa shape index (κ2) is 8.43. The van der Waals surface area contributed by atoms with Gasteiger partial charge in [0.15, 0.2) is 5.11 Å². The summed E-state index contributed by atoms with van der Waals surface area (Å²) in [5.41, 5.74) is 6.62. The lowest BCUT2D eigenvalue weighted by Crippen LogP contribution is -2.49. The van der Waals surface area contributed by atoms with Gasteiger partial charge in [0, 0.05) is 18.7 Å². The number of thiocarbonyl (C=S) groups is 1. The zero-order valence-electron chi connectivity index (χ0n) is 12.6. The fraction of sp³-hybridized carbons (Fsp3) is 0.429. The van der Waals surface area contributed by atoms with Gasteiger partial charge in [-0.15, -0.1) is 0 Å². The van der Waals surface area contributed by atoms with Crippen LogP contribution in [0.25, 0.3) is 0 Å². The van der Waals surface area contributed by atoms with E-state index in [1.165, 1.54) is 0 Å². The van der Waals surface area contributed by atoms with Crippen LogP contribution in [0.4, 0.5) is 0 Å². The number of hydrogen-bond donors (Lipinski definition) is 3. The minimum absolute atomic E-state index is 0.0476.